The lowest BCUT2D eigenvalue weighted by atomic mass is 10.1. The summed E-state index contributed by atoms with van der Waals surface area (Å²) in [4.78, 5) is 0. The van der Waals surface area contributed by atoms with Gasteiger partial charge in [0.2, 0.25) is 0 Å². The Morgan fingerprint density at radius 3 is 2.71 bits per heavy atom. The third-order valence-electron chi connectivity index (χ3n) is 2.70. The molecule has 2 N–H and O–H groups in total. The van der Waals surface area contributed by atoms with Crippen LogP contribution in [0.4, 0.5) is 4.39 Å². The van der Waals surface area contributed by atoms with Gasteiger partial charge < -0.3 is 19.7 Å². The van der Waals surface area contributed by atoms with Crippen LogP contribution in [0.25, 0.3) is 0 Å². The van der Waals surface area contributed by atoms with Crippen LogP contribution in [0.2, 0.25) is 0 Å². The predicted octanol–water partition coefficient (Wildman–Crippen LogP) is 0.621. The van der Waals surface area contributed by atoms with Gasteiger partial charge in [-0.2, -0.15) is 0 Å². The Balaban J connectivity index is 1.77. The van der Waals surface area contributed by atoms with E-state index >= 15 is 0 Å². The number of hydrogen-bond donors (Lipinski definition) is 2. The first-order valence-electron chi connectivity index (χ1n) is 5.42. The highest BCUT2D eigenvalue weighted by atomic mass is 19.2. The van der Waals surface area contributed by atoms with Gasteiger partial charge in [0.05, 0.1) is 13.2 Å². The van der Waals surface area contributed by atoms with Crippen molar-refractivity contribution in [3.05, 3.63) is 35.9 Å². The summed E-state index contributed by atoms with van der Waals surface area (Å²) in [5.74, 6) is -2.67. The number of benzene rings is 1. The Hall–Kier alpha value is -1.01. The summed E-state index contributed by atoms with van der Waals surface area (Å²) >= 11 is 0. The third-order valence-corrected chi connectivity index (χ3v) is 2.70. The second kappa shape index (κ2) is 5.10. The average Bonchev–Trinajstić information content (AvgIpc) is 2.57. The van der Waals surface area contributed by atoms with Crippen LogP contribution in [0.15, 0.2) is 30.3 Å². The molecule has 4 nitrogen and oxygen atoms in total. The first-order valence-corrected chi connectivity index (χ1v) is 5.42. The highest BCUT2D eigenvalue weighted by molar-refractivity contribution is 5.13. The van der Waals surface area contributed by atoms with Gasteiger partial charge >= 0.3 is 0 Å². The van der Waals surface area contributed by atoms with Crippen LogP contribution in [0.1, 0.15) is 5.56 Å². The minimum Gasteiger partial charge on any atom is -0.384 e. The number of aliphatic hydroxyl groups is 2. The molecular weight excluding hydrogens is 227 g/mol. The second-order valence-electron chi connectivity index (χ2n) is 4.11. The maximum atomic E-state index is 13.1. The summed E-state index contributed by atoms with van der Waals surface area (Å²) in [5, 5.41) is 18.4. The highest BCUT2D eigenvalue weighted by Crippen LogP contribution is 2.26. The lowest BCUT2D eigenvalue weighted by molar-refractivity contribution is -0.148. The molecule has 3 unspecified atom stereocenters. The van der Waals surface area contributed by atoms with E-state index in [9.17, 15) is 9.50 Å². The van der Waals surface area contributed by atoms with Crippen LogP contribution < -0.4 is 0 Å². The lowest BCUT2D eigenvalue weighted by Crippen LogP contribution is -2.41. The molecule has 0 aliphatic carbocycles. The highest BCUT2D eigenvalue weighted by Gasteiger charge is 2.48. The number of aliphatic hydroxyl groups excluding tert-OH is 1. The van der Waals surface area contributed by atoms with Crippen molar-refractivity contribution in [2.45, 2.75) is 24.7 Å². The SMILES string of the molecule is OC1C(COCc2ccccc2)OCC1(O)F. The molecule has 1 aliphatic heterocycles. The van der Waals surface area contributed by atoms with Crippen LogP contribution in [0.3, 0.4) is 0 Å². The lowest BCUT2D eigenvalue weighted by Gasteiger charge is -2.18. The van der Waals surface area contributed by atoms with Gasteiger partial charge in [0.25, 0.3) is 5.85 Å². The molecule has 1 heterocycles. The summed E-state index contributed by atoms with van der Waals surface area (Å²) in [5.41, 5.74) is 0.982. The van der Waals surface area contributed by atoms with Crippen molar-refractivity contribution in [2.75, 3.05) is 13.2 Å². The molecule has 2 rings (SSSR count). The molecule has 3 atom stereocenters. The molecular formula is C12H15FO4. The van der Waals surface area contributed by atoms with Crippen molar-refractivity contribution in [1.82, 2.24) is 0 Å². The van der Waals surface area contributed by atoms with Gasteiger partial charge in [0.15, 0.2) is 0 Å². The van der Waals surface area contributed by atoms with Gasteiger partial charge in [-0.3, -0.25) is 0 Å². The molecule has 0 amide bonds. The van der Waals surface area contributed by atoms with Gasteiger partial charge in [0, 0.05) is 0 Å². The molecule has 1 saturated heterocycles. The number of rotatable bonds is 4. The number of alkyl halides is 1. The van der Waals surface area contributed by atoms with Gasteiger partial charge in [-0.15, -0.1) is 0 Å². The summed E-state index contributed by atoms with van der Waals surface area (Å²) in [6.45, 7) is -0.117. The monoisotopic (exact) mass is 242 g/mol. The molecule has 17 heavy (non-hydrogen) atoms. The molecule has 94 valence electrons. The fourth-order valence-corrected chi connectivity index (χ4v) is 1.69. The standard InChI is InChI=1S/C12H15FO4/c13-12(15)8-17-10(11(12)14)7-16-6-9-4-2-1-3-5-9/h1-5,10-11,14-15H,6-8H2. The van der Waals surface area contributed by atoms with Gasteiger partial charge in [-0.05, 0) is 5.56 Å². The molecule has 1 aromatic rings. The minimum atomic E-state index is -2.67. The molecule has 0 aromatic heterocycles. The van der Waals surface area contributed by atoms with E-state index in [1.807, 2.05) is 30.3 Å². The maximum absolute atomic E-state index is 13.1. The normalized spacial score (nSPS) is 32.9. The zero-order valence-corrected chi connectivity index (χ0v) is 9.25. The zero-order chi connectivity index (χ0) is 12.3. The fourth-order valence-electron chi connectivity index (χ4n) is 1.69. The molecule has 0 spiro atoms. The zero-order valence-electron chi connectivity index (χ0n) is 9.25. The second-order valence-corrected chi connectivity index (χ2v) is 4.11. The largest absolute Gasteiger partial charge is 0.384 e. The Bertz CT molecular complexity index is 355. The third kappa shape index (κ3) is 3.01. The van der Waals surface area contributed by atoms with Gasteiger partial charge in [-0.25, -0.2) is 4.39 Å². The summed E-state index contributed by atoms with van der Waals surface area (Å²) < 4.78 is 23.4. The molecule has 1 aromatic carbocycles. The number of ether oxygens (including phenoxy) is 2. The van der Waals surface area contributed by atoms with Crippen molar-refractivity contribution in [1.29, 1.82) is 0 Å². The van der Waals surface area contributed by atoms with Crippen LogP contribution >= 0.6 is 0 Å². The van der Waals surface area contributed by atoms with E-state index in [0.29, 0.717) is 6.61 Å². The average molecular weight is 242 g/mol. The van der Waals surface area contributed by atoms with Crippen molar-refractivity contribution in [2.24, 2.45) is 0 Å². The molecule has 0 saturated carbocycles. The van der Waals surface area contributed by atoms with E-state index in [1.54, 1.807) is 0 Å². The number of halogens is 1. The molecule has 0 bridgehead atoms. The Kier molecular flexibility index (Phi) is 3.73. The van der Waals surface area contributed by atoms with E-state index < -0.39 is 24.7 Å². The van der Waals surface area contributed by atoms with Crippen LogP contribution in [-0.4, -0.2) is 41.5 Å². The Labute approximate surface area is 98.6 Å². The smallest absolute Gasteiger partial charge is 0.259 e. The van der Waals surface area contributed by atoms with Crippen LogP contribution in [0, 0.1) is 0 Å². The van der Waals surface area contributed by atoms with Crippen molar-refractivity contribution in [3.8, 4) is 0 Å². The first-order chi connectivity index (χ1) is 8.09. The van der Waals surface area contributed by atoms with E-state index in [-0.39, 0.29) is 6.61 Å². The molecule has 0 radical (unpaired) electrons. The molecule has 5 heteroatoms. The predicted molar refractivity (Wildman–Crippen MR) is 57.9 cm³/mol. The Morgan fingerprint density at radius 2 is 2.12 bits per heavy atom. The van der Waals surface area contributed by atoms with E-state index in [2.05, 4.69) is 0 Å². The maximum Gasteiger partial charge on any atom is 0.259 e. The minimum absolute atomic E-state index is 0.0439. The van der Waals surface area contributed by atoms with Crippen LogP contribution in [-0.2, 0) is 16.1 Å². The summed E-state index contributed by atoms with van der Waals surface area (Å²) in [6.07, 6.45) is -2.38. The summed E-state index contributed by atoms with van der Waals surface area (Å²) in [6, 6.07) is 9.48. The van der Waals surface area contributed by atoms with Crippen molar-refractivity contribution >= 4 is 0 Å². The van der Waals surface area contributed by atoms with Crippen LogP contribution in [0.5, 0.6) is 0 Å². The number of hydrogen-bond acceptors (Lipinski definition) is 4. The summed E-state index contributed by atoms with van der Waals surface area (Å²) in [7, 11) is 0. The van der Waals surface area contributed by atoms with Gasteiger partial charge in [0.1, 0.15) is 18.8 Å². The quantitative estimate of drug-likeness (QED) is 0.812. The van der Waals surface area contributed by atoms with Gasteiger partial charge in [-0.1, -0.05) is 30.3 Å². The van der Waals surface area contributed by atoms with Crippen molar-refractivity contribution in [3.63, 3.8) is 0 Å². The first kappa shape index (κ1) is 12.4. The fraction of sp³-hybridized carbons (Fsp3) is 0.500. The Morgan fingerprint density at radius 1 is 1.41 bits per heavy atom. The van der Waals surface area contributed by atoms with Crippen molar-refractivity contribution < 1.29 is 24.1 Å². The topological polar surface area (TPSA) is 58.9 Å². The molecule has 1 fully saturated rings. The van der Waals surface area contributed by atoms with E-state index in [0.717, 1.165) is 5.56 Å². The van der Waals surface area contributed by atoms with E-state index in [4.69, 9.17) is 14.6 Å². The molecule has 1 aliphatic rings. The van der Waals surface area contributed by atoms with E-state index in [1.165, 1.54) is 0 Å².